The SMILES string of the molecule is Clc1ccccc1Cc1ccc(O[C@@H]2CCOC2)cc1. The van der Waals surface area contributed by atoms with E-state index in [1.165, 1.54) is 5.56 Å². The van der Waals surface area contributed by atoms with Gasteiger partial charge in [0, 0.05) is 11.4 Å². The molecule has 1 aliphatic rings. The second-order valence-electron chi connectivity index (χ2n) is 5.02. The lowest BCUT2D eigenvalue weighted by molar-refractivity contribution is 0.141. The largest absolute Gasteiger partial charge is 0.488 e. The molecule has 0 aliphatic carbocycles. The van der Waals surface area contributed by atoms with Crippen LogP contribution in [0, 0.1) is 0 Å². The predicted octanol–water partition coefficient (Wildman–Crippen LogP) is 4.10. The summed E-state index contributed by atoms with van der Waals surface area (Å²) < 4.78 is 11.2. The lowest BCUT2D eigenvalue weighted by atomic mass is 10.1. The molecule has 1 fully saturated rings. The van der Waals surface area contributed by atoms with E-state index in [2.05, 4.69) is 18.2 Å². The zero-order valence-corrected chi connectivity index (χ0v) is 12.0. The standard InChI is InChI=1S/C17H17ClO2/c18-17-4-2-1-3-14(17)11-13-5-7-15(8-6-13)20-16-9-10-19-12-16/h1-8,16H,9-12H2/t16-/m1/s1. The number of ether oxygens (including phenoxy) is 2. The first kappa shape index (κ1) is 13.5. The Hall–Kier alpha value is -1.51. The molecule has 3 rings (SSSR count). The molecule has 1 atom stereocenters. The van der Waals surface area contributed by atoms with E-state index in [0.29, 0.717) is 6.61 Å². The van der Waals surface area contributed by atoms with Gasteiger partial charge in [0.05, 0.1) is 13.2 Å². The number of hydrogen-bond acceptors (Lipinski definition) is 2. The predicted molar refractivity (Wildman–Crippen MR) is 80.6 cm³/mol. The van der Waals surface area contributed by atoms with E-state index in [1.54, 1.807) is 0 Å². The van der Waals surface area contributed by atoms with Crippen LogP contribution in [0.15, 0.2) is 48.5 Å². The second kappa shape index (κ2) is 6.29. The molecule has 3 heteroatoms. The van der Waals surface area contributed by atoms with Crippen LogP contribution in [-0.2, 0) is 11.2 Å². The maximum absolute atomic E-state index is 6.18. The summed E-state index contributed by atoms with van der Waals surface area (Å²) in [7, 11) is 0. The molecule has 104 valence electrons. The van der Waals surface area contributed by atoms with E-state index in [1.807, 2.05) is 30.3 Å². The normalized spacial score (nSPS) is 18.1. The number of halogens is 1. The van der Waals surface area contributed by atoms with E-state index < -0.39 is 0 Å². The summed E-state index contributed by atoms with van der Waals surface area (Å²) in [6.07, 6.45) is 2.01. The van der Waals surface area contributed by atoms with Gasteiger partial charge in [0.1, 0.15) is 11.9 Å². The first-order valence-corrected chi connectivity index (χ1v) is 7.26. The van der Waals surface area contributed by atoms with Crippen molar-refractivity contribution >= 4 is 11.6 Å². The van der Waals surface area contributed by atoms with E-state index in [9.17, 15) is 0 Å². The molecular formula is C17H17ClO2. The average Bonchev–Trinajstić information content (AvgIpc) is 2.96. The number of hydrogen-bond donors (Lipinski definition) is 0. The van der Waals surface area contributed by atoms with Crippen molar-refractivity contribution in [2.75, 3.05) is 13.2 Å². The Balaban J connectivity index is 1.65. The maximum atomic E-state index is 6.18. The Morgan fingerprint density at radius 2 is 1.90 bits per heavy atom. The van der Waals surface area contributed by atoms with Gasteiger partial charge in [-0.25, -0.2) is 0 Å². The summed E-state index contributed by atoms with van der Waals surface area (Å²) in [5, 5.41) is 0.816. The minimum atomic E-state index is 0.199. The fourth-order valence-corrected chi connectivity index (χ4v) is 2.55. The Labute approximate surface area is 124 Å². The molecule has 0 aromatic heterocycles. The summed E-state index contributed by atoms with van der Waals surface area (Å²) in [5.41, 5.74) is 2.38. The van der Waals surface area contributed by atoms with E-state index >= 15 is 0 Å². The van der Waals surface area contributed by atoms with Crippen molar-refractivity contribution in [3.05, 3.63) is 64.7 Å². The Bertz CT molecular complexity index is 559. The highest BCUT2D eigenvalue weighted by Crippen LogP contribution is 2.22. The second-order valence-corrected chi connectivity index (χ2v) is 5.42. The Morgan fingerprint density at radius 1 is 1.10 bits per heavy atom. The van der Waals surface area contributed by atoms with Crippen molar-refractivity contribution < 1.29 is 9.47 Å². The molecule has 0 spiro atoms. The van der Waals surface area contributed by atoms with Crippen molar-refractivity contribution in [1.82, 2.24) is 0 Å². The molecule has 2 nitrogen and oxygen atoms in total. The van der Waals surface area contributed by atoms with Crippen molar-refractivity contribution in [3.8, 4) is 5.75 Å². The molecular weight excluding hydrogens is 272 g/mol. The molecule has 0 amide bonds. The van der Waals surface area contributed by atoms with Gasteiger partial charge in [-0.1, -0.05) is 41.9 Å². The maximum Gasteiger partial charge on any atom is 0.124 e. The number of rotatable bonds is 4. The fourth-order valence-electron chi connectivity index (χ4n) is 2.35. The van der Waals surface area contributed by atoms with Crippen LogP contribution in [0.2, 0.25) is 5.02 Å². The van der Waals surface area contributed by atoms with Gasteiger partial charge in [0.15, 0.2) is 0 Å². The van der Waals surface area contributed by atoms with Gasteiger partial charge in [0.25, 0.3) is 0 Å². The summed E-state index contributed by atoms with van der Waals surface area (Å²) in [5.74, 6) is 0.906. The van der Waals surface area contributed by atoms with Crippen molar-refractivity contribution in [2.45, 2.75) is 18.9 Å². The van der Waals surface area contributed by atoms with Crippen LogP contribution in [0.4, 0.5) is 0 Å². The Kier molecular flexibility index (Phi) is 4.24. The van der Waals surface area contributed by atoms with Crippen LogP contribution in [0.3, 0.4) is 0 Å². The van der Waals surface area contributed by atoms with E-state index in [4.69, 9.17) is 21.1 Å². The highest BCUT2D eigenvalue weighted by molar-refractivity contribution is 6.31. The number of benzene rings is 2. The molecule has 2 aromatic rings. The summed E-state index contributed by atoms with van der Waals surface area (Å²) >= 11 is 6.18. The quantitative estimate of drug-likeness (QED) is 0.843. The van der Waals surface area contributed by atoms with Gasteiger partial charge >= 0.3 is 0 Å². The first-order valence-electron chi connectivity index (χ1n) is 6.88. The summed E-state index contributed by atoms with van der Waals surface area (Å²) in [6, 6.07) is 16.2. The van der Waals surface area contributed by atoms with Gasteiger partial charge in [-0.2, -0.15) is 0 Å². The lowest BCUT2D eigenvalue weighted by Crippen LogP contribution is -2.15. The third kappa shape index (κ3) is 3.33. The zero-order chi connectivity index (χ0) is 13.8. The van der Waals surface area contributed by atoms with Crippen LogP contribution in [-0.4, -0.2) is 19.3 Å². The van der Waals surface area contributed by atoms with Crippen LogP contribution < -0.4 is 4.74 Å². The van der Waals surface area contributed by atoms with E-state index in [0.717, 1.165) is 35.8 Å². The van der Waals surface area contributed by atoms with Crippen molar-refractivity contribution in [1.29, 1.82) is 0 Å². The average molecular weight is 289 g/mol. The van der Waals surface area contributed by atoms with Gasteiger partial charge in [-0.15, -0.1) is 0 Å². The highest BCUT2D eigenvalue weighted by Gasteiger charge is 2.16. The van der Waals surface area contributed by atoms with Gasteiger partial charge < -0.3 is 9.47 Å². The fraction of sp³-hybridized carbons (Fsp3) is 0.294. The summed E-state index contributed by atoms with van der Waals surface area (Å²) in [4.78, 5) is 0. The molecule has 1 heterocycles. The molecule has 0 radical (unpaired) electrons. The molecule has 1 aliphatic heterocycles. The summed E-state index contributed by atoms with van der Waals surface area (Å²) in [6.45, 7) is 1.50. The zero-order valence-electron chi connectivity index (χ0n) is 11.2. The van der Waals surface area contributed by atoms with Crippen molar-refractivity contribution in [3.63, 3.8) is 0 Å². The molecule has 20 heavy (non-hydrogen) atoms. The molecule has 0 saturated carbocycles. The smallest absolute Gasteiger partial charge is 0.124 e. The highest BCUT2D eigenvalue weighted by atomic mass is 35.5. The van der Waals surface area contributed by atoms with Crippen LogP contribution in [0.5, 0.6) is 5.75 Å². The van der Waals surface area contributed by atoms with Gasteiger partial charge in [-0.05, 0) is 35.7 Å². The monoisotopic (exact) mass is 288 g/mol. The van der Waals surface area contributed by atoms with E-state index in [-0.39, 0.29) is 6.10 Å². The topological polar surface area (TPSA) is 18.5 Å². The third-order valence-corrected chi connectivity index (χ3v) is 3.84. The lowest BCUT2D eigenvalue weighted by Gasteiger charge is -2.12. The van der Waals surface area contributed by atoms with Gasteiger partial charge in [0.2, 0.25) is 0 Å². The molecule has 1 saturated heterocycles. The molecule has 2 aromatic carbocycles. The van der Waals surface area contributed by atoms with Crippen LogP contribution in [0.1, 0.15) is 17.5 Å². The first-order chi connectivity index (χ1) is 9.81. The molecule has 0 unspecified atom stereocenters. The van der Waals surface area contributed by atoms with Gasteiger partial charge in [-0.3, -0.25) is 0 Å². The third-order valence-electron chi connectivity index (χ3n) is 3.47. The Morgan fingerprint density at radius 3 is 2.60 bits per heavy atom. The minimum absolute atomic E-state index is 0.199. The molecule has 0 bridgehead atoms. The minimum Gasteiger partial charge on any atom is -0.488 e. The van der Waals surface area contributed by atoms with Crippen LogP contribution >= 0.6 is 11.6 Å². The van der Waals surface area contributed by atoms with Crippen molar-refractivity contribution in [2.24, 2.45) is 0 Å². The molecule has 0 N–H and O–H groups in total. The van der Waals surface area contributed by atoms with Crippen LogP contribution in [0.25, 0.3) is 0 Å².